The van der Waals surface area contributed by atoms with Crippen molar-refractivity contribution in [2.24, 2.45) is 5.92 Å². The molecule has 0 amide bonds. The first-order valence-electron chi connectivity index (χ1n) is 4.93. The van der Waals surface area contributed by atoms with Crippen LogP contribution in [0.2, 0.25) is 0 Å². The van der Waals surface area contributed by atoms with E-state index in [-0.39, 0.29) is 13.0 Å². The highest BCUT2D eigenvalue weighted by Gasteiger charge is 2.28. The van der Waals surface area contributed by atoms with Gasteiger partial charge in [-0.2, -0.15) is 0 Å². The number of nitrogens with zero attached hydrogens (tertiary/aromatic N) is 1. The number of hydrogen-bond donors (Lipinski definition) is 0. The van der Waals surface area contributed by atoms with Crippen LogP contribution in [0.5, 0.6) is 0 Å². The summed E-state index contributed by atoms with van der Waals surface area (Å²) in [4.78, 5) is 25.8. The van der Waals surface area contributed by atoms with E-state index in [1.54, 1.807) is 20.8 Å². The van der Waals surface area contributed by atoms with Crippen LogP contribution in [0.15, 0.2) is 0 Å². The van der Waals surface area contributed by atoms with Crippen LogP contribution in [-0.4, -0.2) is 31.2 Å². The number of methoxy groups -OCH3 is 1. The van der Waals surface area contributed by atoms with Crippen molar-refractivity contribution >= 4 is 11.9 Å². The van der Waals surface area contributed by atoms with Gasteiger partial charge in [-0.3, -0.25) is 9.59 Å². The monoisotopic (exact) mass is 227 g/mol. The van der Waals surface area contributed by atoms with E-state index in [1.807, 2.05) is 0 Å². The van der Waals surface area contributed by atoms with Crippen molar-refractivity contribution in [2.75, 3.05) is 13.7 Å². The van der Waals surface area contributed by atoms with E-state index in [1.165, 1.54) is 7.11 Å². The summed E-state index contributed by atoms with van der Waals surface area (Å²) < 4.78 is 9.57. The molecule has 0 aromatic carbocycles. The van der Waals surface area contributed by atoms with E-state index < -0.39 is 23.5 Å². The molecule has 0 radical (unpaired) electrons. The van der Waals surface area contributed by atoms with Crippen LogP contribution in [0.1, 0.15) is 27.2 Å². The van der Waals surface area contributed by atoms with Crippen molar-refractivity contribution < 1.29 is 19.1 Å². The van der Waals surface area contributed by atoms with Gasteiger partial charge < -0.3 is 14.3 Å². The molecule has 0 N–H and O–H groups in total. The van der Waals surface area contributed by atoms with Gasteiger partial charge in [0, 0.05) is 0 Å². The van der Waals surface area contributed by atoms with Crippen LogP contribution >= 0.6 is 0 Å². The summed E-state index contributed by atoms with van der Waals surface area (Å²) in [7, 11) is 1.23. The maximum absolute atomic E-state index is 11.4. The molecule has 0 aromatic rings. The van der Waals surface area contributed by atoms with Crippen LogP contribution in [-0.2, 0) is 19.1 Å². The predicted octanol–water partition coefficient (Wildman–Crippen LogP) is 1.43. The predicted molar refractivity (Wildman–Crippen MR) is 57.4 cm³/mol. The van der Waals surface area contributed by atoms with Gasteiger partial charge in [0.15, 0.2) is 0 Å². The van der Waals surface area contributed by atoms with Crippen LogP contribution in [0, 0.1) is 12.5 Å². The average molecular weight is 227 g/mol. The van der Waals surface area contributed by atoms with Gasteiger partial charge in [0.2, 0.25) is 6.54 Å². The topological polar surface area (TPSA) is 57.0 Å². The van der Waals surface area contributed by atoms with Crippen molar-refractivity contribution in [3.8, 4) is 0 Å². The normalized spacial score (nSPS) is 12.4. The Balaban J connectivity index is 4.36. The smallest absolute Gasteiger partial charge is 0.316 e. The van der Waals surface area contributed by atoms with E-state index in [2.05, 4.69) is 9.58 Å². The lowest BCUT2D eigenvalue weighted by Crippen LogP contribution is -2.28. The number of esters is 2. The van der Waals surface area contributed by atoms with Gasteiger partial charge in [0.05, 0.1) is 13.5 Å². The van der Waals surface area contributed by atoms with E-state index in [4.69, 9.17) is 11.3 Å². The molecule has 0 rings (SSSR count). The Morgan fingerprint density at radius 3 is 2.31 bits per heavy atom. The third-order valence-corrected chi connectivity index (χ3v) is 1.68. The van der Waals surface area contributed by atoms with Crippen LogP contribution in [0.4, 0.5) is 0 Å². The molecule has 16 heavy (non-hydrogen) atoms. The summed E-state index contributed by atoms with van der Waals surface area (Å²) in [5.74, 6) is -1.79. The van der Waals surface area contributed by atoms with Gasteiger partial charge in [-0.1, -0.05) is 0 Å². The molecule has 0 aliphatic carbocycles. The van der Waals surface area contributed by atoms with Crippen LogP contribution in [0.3, 0.4) is 0 Å². The van der Waals surface area contributed by atoms with Crippen molar-refractivity contribution in [3.05, 3.63) is 11.4 Å². The molecule has 0 unspecified atom stereocenters. The third kappa shape index (κ3) is 6.02. The first-order chi connectivity index (χ1) is 7.30. The lowest BCUT2D eigenvalue weighted by Gasteiger charge is -2.20. The van der Waals surface area contributed by atoms with Gasteiger partial charge in [0.25, 0.3) is 0 Å². The second-order valence-electron chi connectivity index (χ2n) is 4.35. The lowest BCUT2D eigenvalue weighted by molar-refractivity contribution is -0.160. The Kier molecular flexibility index (Phi) is 5.51. The van der Waals surface area contributed by atoms with Crippen LogP contribution in [0.25, 0.3) is 4.85 Å². The Labute approximate surface area is 95.5 Å². The highest BCUT2D eigenvalue weighted by Crippen LogP contribution is 2.13. The molecule has 0 saturated heterocycles. The molecular formula is C11H17NO4. The van der Waals surface area contributed by atoms with E-state index in [9.17, 15) is 9.59 Å². The van der Waals surface area contributed by atoms with E-state index in [0.717, 1.165) is 0 Å². The lowest BCUT2D eigenvalue weighted by atomic mass is 10.1. The number of rotatable bonds is 4. The molecule has 0 saturated carbocycles. The minimum absolute atomic E-state index is 0.0636. The molecule has 90 valence electrons. The Hall–Kier alpha value is -1.57. The molecule has 0 heterocycles. The highest BCUT2D eigenvalue weighted by atomic mass is 16.6. The minimum Gasteiger partial charge on any atom is -0.469 e. The van der Waals surface area contributed by atoms with Crippen molar-refractivity contribution in [2.45, 2.75) is 32.8 Å². The quantitative estimate of drug-likeness (QED) is 0.538. The maximum Gasteiger partial charge on any atom is 0.316 e. The fourth-order valence-corrected chi connectivity index (χ4v) is 1.08. The molecule has 0 fully saturated rings. The molecule has 5 nitrogen and oxygen atoms in total. The third-order valence-electron chi connectivity index (χ3n) is 1.68. The van der Waals surface area contributed by atoms with Crippen molar-refractivity contribution in [1.82, 2.24) is 0 Å². The minimum atomic E-state index is -0.739. The number of carbonyl (C=O) groups is 2. The number of hydrogen-bond acceptors (Lipinski definition) is 4. The summed E-state index contributed by atoms with van der Waals surface area (Å²) in [6.45, 7) is 11.9. The van der Waals surface area contributed by atoms with Crippen LogP contribution < -0.4 is 0 Å². The molecule has 0 spiro atoms. The van der Waals surface area contributed by atoms with Gasteiger partial charge in [-0.25, -0.2) is 6.57 Å². The molecule has 0 bridgehead atoms. The van der Waals surface area contributed by atoms with Crippen molar-refractivity contribution in [3.63, 3.8) is 0 Å². The molecule has 5 heteroatoms. The van der Waals surface area contributed by atoms with Gasteiger partial charge in [-0.05, 0) is 20.8 Å². The maximum atomic E-state index is 11.4. The first kappa shape index (κ1) is 14.4. The van der Waals surface area contributed by atoms with E-state index >= 15 is 0 Å². The zero-order valence-electron chi connectivity index (χ0n) is 10.1. The number of ether oxygens (including phenoxy) is 2. The zero-order chi connectivity index (χ0) is 12.8. The Morgan fingerprint density at radius 1 is 1.38 bits per heavy atom. The standard InChI is InChI=1S/C11H17NO4/c1-11(2,3)16-9(13)6-8(7-12-4)10(14)15-5/h8H,6-7H2,1-3,5H3/t8-/m0/s1. The second kappa shape index (κ2) is 6.11. The highest BCUT2D eigenvalue weighted by molar-refractivity contribution is 5.80. The number of carbonyl (C=O) groups excluding carboxylic acids is 2. The molecule has 0 aromatic heterocycles. The zero-order valence-corrected chi connectivity index (χ0v) is 10.1. The largest absolute Gasteiger partial charge is 0.469 e. The Morgan fingerprint density at radius 2 is 1.94 bits per heavy atom. The Bertz CT molecular complexity index is 298. The van der Waals surface area contributed by atoms with Gasteiger partial charge >= 0.3 is 11.9 Å². The van der Waals surface area contributed by atoms with Gasteiger partial charge in [-0.15, -0.1) is 0 Å². The summed E-state index contributed by atoms with van der Waals surface area (Å²) >= 11 is 0. The molecule has 1 atom stereocenters. The fraction of sp³-hybridized carbons (Fsp3) is 0.727. The SMILES string of the molecule is [C-]#[N+]C[C@H](CC(=O)OC(C)(C)C)C(=O)OC. The molecular weight excluding hydrogens is 210 g/mol. The van der Waals surface area contributed by atoms with Gasteiger partial charge in [0.1, 0.15) is 11.5 Å². The molecule has 0 aliphatic rings. The average Bonchev–Trinajstić information content (AvgIpc) is 2.13. The summed E-state index contributed by atoms with van der Waals surface area (Å²) in [5, 5.41) is 0. The van der Waals surface area contributed by atoms with E-state index in [0.29, 0.717) is 0 Å². The van der Waals surface area contributed by atoms with Crippen molar-refractivity contribution in [1.29, 1.82) is 0 Å². The first-order valence-corrected chi connectivity index (χ1v) is 4.93. The summed E-state index contributed by atoms with van der Waals surface area (Å²) in [5.41, 5.74) is -0.587. The summed E-state index contributed by atoms with van der Waals surface area (Å²) in [6.07, 6.45) is -0.119. The second-order valence-corrected chi connectivity index (χ2v) is 4.35. The molecule has 0 aliphatic heterocycles. The fourth-order valence-electron chi connectivity index (χ4n) is 1.08. The summed E-state index contributed by atoms with van der Waals surface area (Å²) in [6, 6.07) is 0.